The van der Waals surface area contributed by atoms with E-state index < -0.39 is 30.4 Å². The highest BCUT2D eigenvalue weighted by Gasteiger charge is 2.39. The zero-order chi connectivity index (χ0) is 14.7. The maximum atomic E-state index is 11.6. The van der Waals surface area contributed by atoms with Crippen LogP contribution in [-0.2, 0) is 9.59 Å². The summed E-state index contributed by atoms with van der Waals surface area (Å²) in [6.07, 6.45) is 4.24. The minimum absolute atomic E-state index is 0.474. The molecule has 0 aromatic heterocycles. The molecule has 2 saturated carbocycles. The predicted octanol–water partition coefficient (Wildman–Crippen LogP) is 0.650. The van der Waals surface area contributed by atoms with Gasteiger partial charge in [0.05, 0.1) is 6.42 Å². The molecular formula is C13H20N2O5. The summed E-state index contributed by atoms with van der Waals surface area (Å²) < 4.78 is 0. The number of carboxylic acid groups (broad SMARTS) is 2. The quantitative estimate of drug-likeness (QED) is 0.571. The van der Waals surface area contributed by atoms with Crippen molar-refractivity contribution in [2.45, 2.75) is 38.1 Å². The van der Waals surface area contributed by atoms with Gasteiger partial charge in [0.1, 0.15) is 6.04 Å². The number of hydrogen-bond acceptors (Lipinski definition) is 3. The number of nitrogens with one attached hydrogen (secondary N) is 2. The maximum absolute atomic E-state index is 11.6. The van der Waals surface area contributed by atoms with Gasteiger partial charge in [0, 0.05) is 6.54 Å². The second-order valence-electron chi connectivity index (χ2n) is 5.78. The van der Waals surface area contributed by atoms with E-state index in [2.05, 4.69) is 10.6 Å². The zero-order valence-electron chi connectivity index (χ0n) is 11.2. The van der Waals surface area contributed by atoms with Crippen LogP contribution in [0.4, 0.5) is 4.79 Å². The van der Waals surface area contributed by atoms with Crippen LogP contribution in [0.15, 0.2) is 0 Å². The van der Waals surface area contributed by atoms with Crippen LogP contribution >= 0.6 is 0 Å². The van der Waals surface area contributed by atoms with E-state index in [1.165, 1.54) is 19.3 Å². The Bertz CT molecular complexity index is 412. The standard InChI is InChI=1S/C13H20N2O5/c16-11(17)5-10(12(18)19)15-13(20)14-6-9-4-7-1-2-8(9)3-7/h7-10H,1-6H2,(H,16,17)(H,18,19)(H2,14,15,20). The number of hydrogen-bond donors (Lipinski definition) is 4. The third kappa shape index (κ3) is 3.61. The highest BCUT2D eigenvalue weighted by atomic mass is 16.4. The van der Waals surface area contributed by atoms with Gasteiger partial charge >= 0.3 is 18.0 Å². The van der Waals surface area contributed by atoms with E-state index in [4.69, 9.17) is 10.2 Å². The fourth-order valence-corrected chi connectivity index (χ4v) is 3.43. The van der Waals surface area contributed by atoms with Gasteiger partial charge in [-0.2, -0.15) is 0 Å². The van der Waals surface area contributed by atoms with Crippen molar-refractivity contribution in [1.82, 2.24) is 10.6 Å². The highest BCUT2D eigenvalue weighted by molar-refractivity contribution is 5.86. The Labute approximate surface area is 116 Å². The van der Waals surface area contributed by atoms with Gasteiger partial charge in [-0.05, 0) is 37.0 Å². The first-order valence-electron chi connectivity index (χ1n) is 6.94. The van der Waals surface area contributed by atoms with Gasteiger partial charge in [-0.1, -0.05) is 6.42 Å². The molecule has 2 rings (SSSR count). The Hall–Kier alpha value is -1.79. The molecule has 112 valence electrons. The lowest BCUT2D eigenvalue weighted by molar-refractivity contribution is -0.145. The lowest BCUT2D eigenvalue weighted by Crippen LogP contribution is -2.48. The van der Waals surface area contributed by atoms with Crippen LogP contribution < -0.4 is 10.6 Å². The summed E-state index contributed by atoms with van der Waals surface area (Å²) in [6, 6.07) is -2.01. The van der Waals surface area contributed by atoms with Crippen molar-refractivity contribution in [2.75, 3.05) is 6.54 Å². The second-order valence-corrected chi connectivity index (χ2v) is 5.78. The highest BCUT2D eigenvalue weighted by Crippen LogP contribution is 2.47. The molecule has 0 aliphatic heterocycles. The number of carbonyl (C=O) groups is 3. The number of carboxylic acids is 2. The number of carbonyl (C=O) groups excluding carboxylic acids is 1. The fourth-order valence-electron chi connectivity index (χ4n) is 3.43. The van der Waals surface area contributed by atoms with Crippen molar-refractivity contribution in [1.29, 1.82) is 0 Å². The summed E-state index contributed by atoms with van der Waals surface area (Å²) in [5.74, 6) is -0.668. The molecule has 0 aromatic rings. The summed E-state index contributed by atoms with van der Waals surface area (Å²) >= 11 is 0. The van der Waals surface area contributed by atoms with E-state index in [9.17, 15) is 14.4 Å². The van der Waals surface area contributed by atoms with Crippen LogP contribution in [-0.4, -0.2) is 40.8 Å². The Morgan fingerprint density at radius 1 is 1.15 bits per heavy atom. The van der Waals surface area contributed by atoms with E-state index in [0.29, 0.717) is 18.4 Å². The van der Waals surface area contributed by atoms with Gasteiger partial charge in [-0.3, -0.25) is 4.79 Å². The van der Waals surface area contributed by atoms with Crippen LogP contribution in [0.2, 0.25) is 0 Å². The molecule has 4 N–H and O–H groups in total. The van der Waals surface area contributed by atoms with Crippen LogP contribution in [0.1, 0.15) is 32.1 Å². The first-order chi connectivity index (χ1) is 9.45. The van der Waals surface area contributed by atoms with E-state index in [-0.39, 0.29) is 0 Å². The molecule has 0 spiro atoms. The smallest absolute Gasteiger partial charge is 0.326 e. The van der Waals surface area contributed by atoms with E-state index in [1.807, 2.05) is 0 Å². The Morgan fingerprint density at radius 3 is 2.40 bits per heavy atom. The average Bonchev–Trinajstić information content (AvgIpc) is 2.97. The second kappa shape index (κ2) is 6.11. The van der Waals surface area contributed by atoms with Crippen LogP contribution in [0.25, 0.3) is 0 Å². The molecule has 0 aromatic carbocycles. The van der Waals surface area contributed by atoms with E-state index in [0.717, 1.165) is 12.3 Å². The molecule has 7 nitrogen and oxygen atoms in total. The number of fused-ring (bicyclic) bond motifs is 2. The average molecular weight is 284 g/mol. The van der Waals surface area contributed by atoms with Crippen molar-refractivity contribution in [2.24, 2.45) is 17.8 Å². The monoisotopic (exact) mass is 284 g/mol. The van der Waals surface area contributed by atoms with Gasteiger partial charge in [0.2, 0.25) is 0 Å². The largest absolute Gasteiger partial charge is 0.481 e. The fraction of sp³-hybridized carbons (Fsp3) is 0.769. The Balaban J connectivity index is 1.74. The number of urea groups is 1. The minimum Gasteiger partial charge on any atom is -0.481 e. The number of amides is 2. The first-order valence-corrected chi connectivity index (χ1v) is 6.94. The van der Waals surface area contributed by atoms with Gasteiger partial charge in [-0.25, -0.2) is 9.59 Å². The Kier molecular flexibility index (Phi) is 4.46. The first kappa shape index (κ1) is 14.6. The van der Waals surface area contributed by atoms with Gasteiger partial charge in [-0.15, -0.1) is 0 Å². The molecule has 2 amide bonds. The van der Waals surface area contributed by atoms with Crippen molar-refractivity contribution in [3.8, 4) is 0 Å². The summed E-state index contributed by atoms with van der Waals surface area (Å²) in [5, 5.41) is 22.3. The third-order valence-electron chi connectivity index (χ3n) is 4.39. The molecule has 0 radical (unpaired) electrons. The summed E-state index contributed by atoms with van der Waals surface area (Å²) in [6.45, 7) is 0.534. The van der Waals surface area contributed by atoms with Crippen molar-refractivity contribution in [3.05, 3.63) is 0 Å². The molecular weight excluding hydrogens is 264 g/mol. The molecule has 20 heavy (non-hydrogen) atoms. The number of aliphatic carboxylic acids is 2. The minimum atomic E-state index is -1.40. The predicted molar refractivity (Wildman–Crippen MR) is 69.1 cm³/mol. The van der Waals surface area contributed by atoms with E-state index in [1.54, 1.807) is 0 Å². The summed E-state index contributed by atoms with van der Waals surface area (Å²) in [5.41, 5.74) is 0. The third-order valence-corrected chi connectivity index (χ3v) is 4.39. The van der Waals surface area contributed by atoms with Crippen LogP contribution in [0.3, 0.4) is 0 Å². The Morgan fingerprint density at radius 2 is 1.90 bits per heavy atom. The molecule has 2 aliphatic rings. The lowest BCUT2D eigenvalue weighted by atomic mass is 9.89. The maximum Gasteiger partial charge on any atom is 0.326 e. The van der Waals surface area contributed by atoms with Crippen LogP contribution in [0, 0.1) is 17.8 Å². The zero-order valence-corrected chi connectivity index (χ0v) is 11.2. The van der Waals surface area contributed by atoms with Crippen LogP contribution in [0.5, 0.6) is 0 Å². The molecule has 2 bridgehead atoms. The summed E-state index contributed by atoms with van der Waals surface area (Å²) in [4.78, 5) is 33.0. The molecule has 4 unspecified atom stereocenters. The van der Waals surface area contributed by atoms with Crippen molar-refractivity contribution in [3.63, 3.8) is 0 Å². The SMILES string of the molecule is O=C(O)CC(NC(=O)NCC1CC2CCC1C2)C(=O)O. The van der Waals surface area contributed by atoms with Crippen molar-refractivity contribution < 1.29 is 24.6 Å². The van der Waals surface area contributed by atoms with Gasteiger partial charge in [0.25, 0.3) is 0 Å². The number of rotatable bonds is 6. The van der Waals surface area contributed by atoms with Crippen molar-refractivity contribution >= 4 is 18.0 Å². The molecule has 7 heteroatoms. The molecule has 0 saturated heterocycles. The molecule has 4 atom stereocenters. The topological polar surface area (TPSA) is 116 Å². The normalized spacial score (nSPS) is 28.9. The van der Waals surface area contributed by atoms with Gasteiger partial charge in [0.15, 0.2) is 0 Å². The molecule has 0 heterocycles. The van der Waals surface area contributed by atoms with E-state index >= 15 is 0 Å². The van der Waals surface area contributed by atoms with Gasteiger partial charge < -0.3 is 20.8 Å². The molecule has 2 aliphatic carbocycles. The lowest BCUT2D eigenvalue weighted by Gasteiger charge is -2.22. The molecule has 2 fully saturated rings. The summed E-state index contributed by atoms with van der Waals surface area (Å²) in [7, 11) is 0.